The molecular weight excluding hydrogens is 218 g/mol. The molecule has 1 atom stereocenters. The van der Waals surface area contributed by atoms with E-state index in [9.17, 15) is 8.42 Å². The molecule has 0 fully saturated rings. The van der Waals surface area contributed by atoms with E-state index in [1.165, 1.54) is 12.3 Å². The third kappa shape index (κ3) is 3.58. The van der Waals surface area contributed by atoms with E-state index in [0.717, 1.165) is 0 Å². The topological polar surface area (TPSA) is 87.5 Å². The van der Waals surface area contributed by atoms with Gasteiger partial charge in [0.1, 0.15) is 5.25 Å². The fraction of sp³-hybridized carbons (Fsp3) is 0.444. The molecule has 0 aliphatic heterocycles. The van der Waals surface area contributed by atoms with Crippen molar-refractivity contribution in [2.45, 2.75) is 18.1 Å². The molecule has 1 heterocycles. The van der Waals surface area contributed by atoms with Crippen molar-refractivity contribution < 1.29 is 18.1 Å². The molecule has 0 saturated heterocycles. The summed E-state index contributed by atoms with van der Waals surface area (Å²) in [6.45, 7) is -0.112. The predicted octanol–water partition coefficient (Wildman–Crippen LogP) is 0.783. The molecule has 0 amide bonds. The van der Waals surface area contributed by atoms with Crippen molar-refractivity contribution in [3.63, 3.8) is 0 Å². The minimum absolute atomic E-state index is 0.112. The molecule has 0 aromatic carbocycles. The normalized spacial score (nSPS) is 13.7. The maximum Gasteiger partial charge on any atom is 0.273 e. The third-order valence-electron chi connectivity index (χ3n) is 2.00. The Morgan fingerprint density at radius 1 is 1.40 bits per heavy atom. The van der Waals surface area contributed by atoms with Crippen LogP contribution in [-0.2, 0) is 10.1 Å². The van der Waals surface area contributed by atoms with Crippen molar-refractivity contribution in [3.05, 3.63) is 30.1 Å². The average molecular weight is 231 g/mol. The predicted molar refractivity (Wildman–Crippen MR) is 54.8 cm³/mol. The van der Waals surface area contributed by atoms with E-state index in [2.05, 4.69) is 4.98 Å². The maximum absolute atomic E-state index is 11.1. The average Bonchev–Trinajstić information content (AvgIpc) is 2.18. The number of aliphatic hydroxyl groups excluding tert-OH is 1. The second-order valence-electron chi connectivity index (χ2n) is 3.12. The van der Waals surface area contributed by atoms with Gasteiger partial charge in [-0.2, -0.15) is 8.42 Å². The van der Waals surface area contributed by atoms with Gasteiger partial charge < -0.3 is 5.11 Å². The van der Waals surface area contributed by atoms with Crippen LogP contribution in [0.25, 0.3) is 0 Å². The van der Waals surface area contributed by atoms with Crippen LogP contribution in [0.15, 0.2) is 24.4 Å². The van der Waals surface area contributed by atoms with Crippen molar-refractivity contribution in [3.8, 4) is 0 Å². The molecule has 0 saturated carbocycles. The number of rotatable bonds is 5. The smallest absolute Gasteiger partial charge is 0.273 e. The highest BCUT2D eigenvalue weighted by atomic mass is 32.2. The van der Waals surface area contributed by atoms with Crippen LogP contribution in [0.5, 0.6) is 0 Å². The molecule has 5 nitrogen and oxygen atoms in total. The van der Waals surface area contributed by atoms with Gasteiger partial charge >= 0.3 is 0 Å². The van der Waals surface area contributed by atoms with Gasteiger partial charge in [-0.15, -0.1) is 0 Å². The summed E-state index contributed by atoms with van der Waals surface area (Å²) in [4.78, 5) is 3.88. The van der Waals surface area contributed by atoms with Gasteiger partial charge in [-0.05, 0) is 25.0 Å². The highest BCUT2D eigenvalue weighted by Crippen LogP contribution is 2.24. The summed E-state index contributed by atoms with van der Waals surface area (Å²) in [6.07, 6.45) is 1.93. The lowest BCUT2D eigenvalue weighted by Crippen LogP contribution is -2.14. The molecule has 2 N–H and O–H groups in total. The van der Waals surface area contributed by atoms with Gasteiger partial charge in [0, 0.05) is 12.8 Å². The summed E-state index contributed by atoms with van der Waals surface area (Å²) in [5.41, 5.74) is 0.299. The van der Waals surface area contributed by atoms with Gasteiger partial charge in [0.15, 0.2) is 0 Å². The zero-order valence-electron chi connectivity index (χ0n) is 8.07. The molecule has 1 rings (SSSR count). The first kappa shape index (κ1) is 12.1. The van der Waals surface area contributed by atoms with Gasteiger partial charge in [-0.3, -0.25) is 9.54 Å². The van der Waals surface area contributed by atoms with Crippen LogP contribution >= 0.6 is 0 Å². The van der Waals surface area contributed by atoms with Crippen molar-refractivity contribution >= 4 is 10.1 Å². The summed E-state index contributed by atoms with van der Waals surface area (Å²) in [7, 11) is -4.16. The molecule has 0 aliphatic rings. The van der Waals surface area contributed by atoms with Gasteiger partial charge in [-0.1, -0.05) is 6.07 Å². The van der Waals surface area contributed by atoms with Crippen LogP contribution in [0.4, 0.5) is 0 Å². The van der Waals surface area contributed by atoms with Crippen LogP contribution in [0.3, 0.4) is 0 Å². The minimum Gasteiger partial charge on any atom is -0.396 e. The first-order valence-electron chi connectivity index (χ1n) is 4.54. The second kappa shape index (κ2) is 5.20. The largest absolute Gasteiger partial charge is 0.396 e. The number of nitrogens with zero attached hydrogens (tertiary/aromatic N) is 1. The minimum atomic E-state index is -4.16. The quantitative estimate of drug-likeness (QED) is 0.731. The molecule has 0 radical (unpaired) electrons. The monoisotopic (exact) mass is 231 g/mol. The highest BCUT2D eigenvalue weighted by molar-refractivity contribution is 7.86. The molecular formula is C9H13NO4S. The van der Waals surface area contributed by atoms with Gasteiger partial charge in [0.05, 0.1) is 5.69 Å². The molecule has 6 heteroatoms. The second-order valence-corrected chi connectivity index (χ2v) is 4.72. The lowest BCUT2D eigenvalue weighted by atomic mass is 10.2. The Kier molecular flexibility index (Phi) is 4.19. The van der Waals surface area contributed by atoms with Crippen molar-refractivity contribution in [1.29, 1.82) is 0 Å². The van der Waals surface area contributed by atoms with Crippen molar-refractivity contribution in [1.82, 2.24) is 4.98 Å². The number of pyridine rings is 1. The summed E-state index contributed by atoms with van der Waals surface area (Å²) in [5, 5.41) is 7.58. The third-order valence-corrected chi connectivity index (χ3v) is 3.20. The van der Waals surface area contributed by atoms with Crippen LogP contribution in [0, 0.1) is 0 Å². The Balaban J connectivity index is 2.92. The van der Waals surface area contributed by atoms with E-state index >= 15 is 0 Å². The SMILES string of the molecule is O=S(=O)(O)C(CCCO)c1ccccn1. The molecule has 1 aromatic heterocycles. The van der Waals surface area contributed by atoms with Crippen molar-refractivity contribution in [2.75, 3.05) is 6.61 Å². The Morgan fingerprint density at radius 3 is 2.60 bits per heavy atom. The summed E-state index contributed by atoms with van der Waals surface area (Å²) in [5.74, 6) is 0. The molecule has 0 bridgehead atoms. The Morgan fingerprint density at radius 2 is 2.13 bits per heavy atom. The zero-order valence-corrected chi connectivity index (χ0v) is 8.89. The maximum atomic E-state index is 11.1. The van der Waals surface area contributed by atoms with E-state index in [0.29, 0.717) is 12.1 Å². The highest BCUT2D eigenvalue weighted by Gasteiger charge is 2.25. The Hall–Kier alpha value is -0.980. The zero-order chi connectivity index (χ0) is 11.3. The number of aliphatic hydroxyl groups is 1. The summed E-state index contributed by atoms with van der Waals surface area (Å²) < 4.78 is 31.2. The fourth-order valence-corrected chi connectivity index (χ4v) is 2.20. The lowest BCUT2D eigenvalue weighted by molar-refractivity contribution is 0.282. The van der Waals surface area contributed by atoms with E-state index < -0.39 is 15.4 Å². The van der Waals surface area contributed by atoms with E-state index in [1.54, 1.807) is 12.1 Å². The molecule has 15 heavy (non-hydrogen) atoms. The van der Waals surface area contributed by atoms with Gasteiger partial charge in [0.2, 0.25) is 0 Å². The van der Waals surface area contributed by atoms with Crippen LogP contribution in [0.2, 0.25) is 0 Å². The summed E-state index contributed by atoms with van der Waals surface area (Å²) in [6, 6.07) is 4.85. The van der Waals surface area contributed by atoms with E-state index in [1.807, 2.05) is 0 Å². The molecule has 1 aromatic rings. The lowest BCUT2D eigenvalue weighted by Gasteiger charge is -2.11. The molecule has 0 aliphatic carbocycles. The fourth-order valence-electron chi connectivity index (χ4n) is 1.29. The first-order chi connectivity index (χ1) is 7.05. The van der Waals surface area contributed by atoms with Gasteiger partial charge in [0.25, 0.3) is 10.1 Å². The number of hydrogen-bond donors (Lipinski definition) is 2. The van der Waals surface area contributed by atoms with E-state index in [4.69, 9.17) is 9.66 Å². The van der Waals surface area contributed by atoms with Gasteiger partial charge in [-0.25, -0.2) is 0 Å². The van der Waals surface area contributed by atoms with Crippen LogP contribution < -0.4 is 0 Å². The first-order valence-corrected chi connectivity index (χ1v) is 6.04. The Bertz CT molecular complexity index is 390. The molecule has 0 spiro atoms. The van der Waals surface area contributed by atoms with Crippen molar-refractivity contribution in [2.24, 2.45) is 0 Å². The summed E-state index contributed by atoms with van der Waals surface area (Å²) >= 11 is 0. The van der Waals surface area contributed by atoms with Crippen LogP contribution in [0.1, 0.15) is 23.8 Å². The molecule has 84 valence electrons. The van der Waals surface area contributed by atoms with E-state index in [-0.39, 0.29) is 13.0 Å². The van der Waals surface area contributed by atoms with Crippen LogP contribution in [-0.4, -0.2) is 29.7 Å². The number of hydrogen-bond acceptors (Lipinski definition) is 4. The Labute approximate surface area is 88.5 Å². The molecule has 1 unspecified atom stereocenters. The number of aromatic nitrogens is 1. The standard InChI is InChI=1S/C9H13NO4S/c11-7-3-5-9(15(12,13)14)8-4-1-2-6-10-8/h1-2,4,6,9,11H,3,5,7H2,(H,12,13,14).